The van der Waals surface area contributed by atoms with Crippen LogP contribution in [0, 0.1) is 11.8 Å². The van der Waals surface area contributed by atoms with Gasteiger partial charge in [-0.25, -0.2) is 19.2 Å². The third-order valence-corrected chi connectivity index (χ3v) is 4.42. The van der Waals surface area contributed by atoms with Gasteiger partial charge in [0, 0.05) is 12.2 Å². The quantitative estimate of drug-likeness (QED) is 0.262. The molecule has 12 heteroatoms. The smallest absolute Gasteiger partial charge is 0.338 e. The number of rotatable bonds is 3. The van der Waals surface area contributed by atoms with Gasteiger partial charge < -0.3 is 29.9 Å². The van der Waals surface area contributed by atoms with Gasteiger partial charge in [-0.15, -0.1) is 0 Å². The van der Waals surface area contributed by atoms with E-state index < -0.39 is 30.0 Å². The molecule has 1 aliphatic carbocycles. The van der Waals surface area contributed by atoms with Gasteiger partial charge in [0.05, 0.1) is 35.7 Å². The monoisotopic (exact) mass is 492 g/mol. The van der Waals surface area contributed by atoms with Crippen LogP contribution in [-0.4, -0.2) is 69.0 Å². The van der Waals surface area contributed by atoms with Gasteiger partial charge in [0.15, 0.2) is 0 Å². The first-order valence-electron chi connectivity index (χ1n) is 10.2. The highest BCUT2D eigenvalue weighted by Gasteiger charge is 2.43. The molecule has 3 atom stereocenters. The fourth-order valence-corrected chi connectivity index (χ4v) is 2.67. The Morgan fingerprint density at radius 2 is 1.29 bits per heavy atom. The Morgan fingerprint density at radius 1 is 0.886 bits per heavy atom. The van der Waals surface area contributed by atoms with Crippen molar-refractivity contribution in [2.24, 2.45) is 11.8 Å². The maximum atomic E-state index is 10.9. The molecule has 1 aromatic rings. The maximum Gasteiger partial charge on any atom is 0.338 e. The molecule has 2 heterocycles. The van der Waals surface area contributed by atoms with Crippen LogP contribution < -0.4 is 0 Å². The number of aromatic carboxylic acids is 2. The van der Waals surface area contributed by atoms with E-state index in [0.717, 1.165) is 18.2 Å². The minimum atomic E-state index is -1.13. The number of hydrogen-bond donors (Lipinski definition) is 4. The number of cyclic esters (lactones) is 4. The molecule has 3 unspecified atom stereocenters. The van der Waals surface area contributed by atoms with Crippen molar-refractivity contribution < 1.29 is 58.7 Å². The minimum Gasteiger partial charge on any atom is -0.478 e. The number of allylic oxidation sites excluding steroid dienone is 2. The Bertz CT molecular complexity index is 952. The minimum absolute atomic E-state index is 0.0186. The maximum absolute atomic E-state index is 10.9. The zero-order chi connectivity index (χ0) is 26.5. The molecular weight excluding hydrogens is 468 g/mol. The SMILES string of the molecule is CC(O)CO.O=C(O)c1cccc(C(=O)O)c1.O=C1C=CC(=O)O1.O=C1OC(=O)C2CC=CCC12. The molecule has 0 radical (unpaired) electrons. The van der Waals surface area contributed by atoms with Crippen molar-refractivity contribution in [3.05, 3.63) is 59.7 Å². The van der Waals surface area contributed by atoms with Crippen molar-refractivity contribution in [3.63, 3.8) is 0 Å². The van der Waals surface area contributed by atoms with Crippen LogP contribution in [-0.2, 0) is 28.7 Å². The molecular formula is C23H24O12. The Kier molecular flexibility index (Phi) is 11.7. The van der Waals surface area contributed by atoms with Crippen molar-refractivity contribution in [2.45, 2.75) is 25.9 Å². The van der Waals surface area contributed by atoms with Gasteiger partial charge in [-0.2, -0.15) is 0 Å². The average molecular weight is 492 g/mol. The topological polar surface area (TPSA) is 202 Å². The lowest BCUT2D eigenvalue weighted by atomic mass is 9.85. The van der Waals surface area contributed by atoms with Crippen LogP contribution >= 0.6 is 0 Å². The number of carbonyl (C=O) groups is 6. The molecule has 1 aromatic carbocycles. The molecule has 4 rings (SSSR count). The van der Waals surface area contributed by atoms with E-state index in [1.807, 2.05) is 12.2 Å². The van der Waals surface area contributed by atoms with Gasteiger partial charge in [0.1, 0.15) is 0 Å². The number of fused-ring (bicyclic) bond motifs is 1. The molecule has 35 heavy (non-hydrogen) atoms. The van der Waals surface area contributed by atoms with Crippen LogP contribution in [0.5, 0.6) is 0 Å². The summed E-state index contributed by atoms with van der Waals surface area (Å²) in [6.45, 7) is 1.39. The van der Waals surface area contributed by atoms with Gasteiger partial charge in [-0.1, -0.05) is 18.2 Å². The number of carbonyl (C=O) groups excluding carboxylic acids is 4. The second-order valence-corrected chi connectivity index (χ2v) is 7.19. The highest BCUT2D eigenvalue weighted by atomic mass is 16.6. The molecule has 2 aliphatic heterocycles. The summed E-state index contributed by atoms with van der Waals surface area (Å²) in [7, 11) is 0. The number of carboxylic acid groups (broad SMARTS) is 2. The van der Waals surface area contributed by atoms with Crippen LogP contribution in [0.3, 0.4) is 0 Å². The molecule has 0 bridgehead atoms. The number of benzene rings is 1. The van der Waals surface area contributed by atoms with Gasteiger partial charge in [-0.05, 0) is 38.0 Å². The summed E-state index contributed by atoms with van der Waals surface area (Å²) in [6.07, 6.45) is 6.80. The van der Waals surface area contributed by atoms with Crippen molar-refractivity contribution >= 4 is 35.8 Å². The molecule has 12 nitrogen and oxygen atoms in total. The van der Waals surface area contributed by atoms with E-state index in [0.29, 0.717) is 12.8 Å². The first kappa shape index (κ1) is 28.9. The third-order valence-electron chi connectivity index (χ3n) is 4.42. The molecule has 1 fully saturated rings. The molecule has 0 aromatic heterocycles. The number of esters is 4. The highest BCUT2D eigenvalue weighted by molar-refractivity contribution is 6.05. The molecule has 0 saturated carbocycles. The number of ether oxygens (including phenoxy) is 2. The largest absolute Gasteiger partial charge is 0.478 e. The van der Waals surface area contributed by atoms with E-state index in [2.05, 4.69) is 9.47 Å². The van der Waals surface area contributed by atoms with Gasteiger partial charge in [0.25, 0.3) is 0 Å². The van der Waals surface area contributed by atoms with Crippen molar-refractivity contribution in [1.82, 2.24) is 0 Å². The first-order chi connectivity index (χ1) is 16.5. The van der Waals surface area contributed by atoms with Crippen LogP contribution in [0.25, 0.3) is 0 Å². The second kappa shape index (κ2) is 14.2. The summed E-state index contributed by atoms with van der Waals surface area (Å²) in [5, 5.41) is 33.0. The fraction of sp³-hybridized carbons (Fsp3) is 0.304. The van der Waals surface area contributed by atoms with E-state index in [-0.39, 0.29) is 41.5 Å². The molecule has 4 N–H and O–H groups in total. The summed E-state index contributed by atoms with van der Waals surface area (Å²) >= 11 is 0. The summed E-state index contributed by atoms with van der Waals surface area (Å²) in [5.74, 6) is -4.47. The normalized spacial score (nSPS) is 20.0. The lowest BCUT2D eigenvalue weighted by Gasteiger charge is -2.12. The summed E-state index contributed by atoms with van der Waals surface area (Å²) in [5.41, 5.74) is -0.0372. The predicted octanol–water partition coefficient (Wildman–Crippen LogP) is 0.721. The standard InChI is InChI=1S/C8H6O4.C8H8O3.C4H2O3.C3H8O2/c9-7(10)5-2-1-3-6(4-5)8(11)12;9-7-5-3-1-2-4-6(5)8(10)11-7;5-3-1-2-4(6)7-3;1-3(5)2-4/h1-4H,(H,9,10)(H,11,12);1-2,5-6H,3-4H2;1-2H;3-5H,2H2,1H3. The Labute approximate surface area is 199 Å². The molecule has 3 aliphatic rings. The third kappa shape index (κ3) is 10.1. The Hall–Kier alpha value is -4.16. The van der Waals surface area contributed by atoms with Gasteiger partial charge in [-0.3, -0.25) is 9.59 Å². The van der Waals surface area contributed by atoms with E-state index in [4.69, 9.17) is 20.4 Å². The van der Waals surface area contributed by atoms with Crippen LogP contribution in [0.1, 0.15) is 40.5 Å². The lowest BCUT2D eigenvalue weighted by Crippen LogP contribution is -2.18. The molecule has 0 amide bonds. The average Bonchev–Trinajstić information content (AvgIpc) is 3.35. The highest BCUT2D eigenvalue weighted by Crippen LogP contribution is 2.32. The molecule has 1 saturated heterocycles. The van der Waals surface area contributed by atoms with Crippen molar-refractivity contribution in [2.75, 3.05) is 6.61 Å². The zero-order valence-corrected chi connectivity index (χ0v) is 18.5. The molecule has 0 spiro atoms. The number of aliphatic hydroxyl groups excluding tert-OH is 2. The van der Waals surface area contributed by atoms with E-state index in [9.17, 15) is 28.8 Å². The van der Waals surface area contributed by atoms with Crippen molar-refractivity contribution in [3.8, 4) is 0 Å². The van der Waals surface area contributed by atoms with Crippen LogP contribution in [0.2, 0.25) is 0 Å². The Balaban J connectivity index is 0.000000246. The van der Waals surface area contributed by atoms with E-state index >= 15 is 0 Å². The zero-order valence-electron chi connectivity index (χ0n) is 18.5. The number of carboxylic acids is 2. The lowest BCUT2D eigenvalue weighted by molar-refractivity contribution is -0.154. The van der Waals surface area contributed by atoms with E-state index in [1.165, 1.54) is 25.1 Å². The Morgan fingerprint density at radius 3 is 1.57 bits per heavy atom. The number of aliphatic hydroxyl groups is 2. The fourth-order valence-electron chi connectivity index (χ4n) is 2.67. The first-order valence-corrected chi connectivity index (χ1v) is 10.2. The summed E-state index contributed by atoms with van der Waals surface area (Å²) in [4.78, 5) is 62.5. The van der Waals surface area contributed by atoms with Crippen molar-refractivity contribution in [1.29, 1.82) is 0 Å². The van der Waals surface area contributed by atoms with Gasteiger partial charge >= 0.3 is 35.8 Å². The number of hydrogen-bond acceptors (Lipinski definition) is 10. The summed E-state index contributed by atoms with van der Waals surface area (Å²) in [6, 6.07) is 5.20. The molecule has 188 valence electrons. The van der Waals surface area contributed by atoms with E-state index in [1.54, 1.807) is 0 Å². The van der Waals surface area contributed by atoms with Crippen LogP contribution in [0.15, 0.2) is 48.6 Å². The predicted molar refractivity (Wildman–Crippen MR) is 116 cm³/mol. The van der Waals surface area contributed by atoms with Crippen LogP contribution in [0.4, 0.5) is 0 Å². The summed E-state index contributed by atoms with van der Waals surface area (Å²) < 4.78 is 8.46. The van der Waals surface area contributed by atoms with Gasteiger partial charge in [0.2, 0.25) is 0 Å². The second-order valence-electron chi connectivity index (χ2n) is 7.19.